The fourth-order valence-electron chi connectivity index (χ4n) is 2.21. The van der Waals surface area contributed by atoms with Crippen molar-refractivity contribution in [1.82, 2.24) is 4.98 Å². The Morgan fingerprint density at radius 3 is 2.61 bits per heavy atom. The zero-order valence-corrected chi connectivity index (χ0v) is 15.1. The average molecular weight is 333 g/mol. The van der Waals surface area contributed by atoms with E-state index in [0.717, 1.165) is 33.9 Å². The molecule has 0 unspecified atom stereocenters. The summed E-state index contributed by atoms with van der Waals surface area (Å²) in [5, 5.41) is 0. The summed E-state index contributed by atoms with van der Waals surface area (Å²) in [6.07, 6.45) is 0.839. The van der Waals surface area contributed by atoms with E-state index < -0.39 is 5.60 Å². The third-order valence-corrected chi connectivity index (χ3v) is 4.20. The van der Waals surface area contributed by atoms with Gasteiger partial charge in [0.15, 0.2) is 6.61 Å². The van der Waals surface area contributed by atoms with E-state index in [0.29, 0.717) is 0 Å². The Hall–Kier alpha value is -1.88. The van der Waals surface area contributed by atoms with E-state index in [2.05, 4.69) is 18.0 Å². The van der Waals surface area contributed by atoms with Crippen LogP contribution in [-0.2, 0) is 16.0 Å². The van der Waals surface area contributed by atoms with Crippen molar-refractivity contribution in [1.29, 1.82) is 0 Å². The molecule has 1 aromatic carbocycles. The van der Waals surface area contributed by atoms with Gasteiger partial charge in [-0.25, -0.2) is 9.78 Å². The number of esters is 1. The number of benzene rings is 1. The first-order chi connectivity index (χ1) is 10.8. The number of hydrogen-bond donors (Lipinski definition) is 0. The molecule has 1 aromatic heterocycles. The maximum atomic E-state index is 11.8. The Morgan fingerprint density at radius 2 is 2.04 bits per heavy atom. The van der Waals surface area contributed by atoms with Crippen LogP contribution in [0.1, 0.15) is 39.0 Å². The number of thiazole rings is 1. The molecule has 1 heterocycles. The van der Waals surface area contributed by atoms with Crippen molar-refractivity contribution < 1.29 is 14.3 Å². The first-order valence-electron chi connectivity index (χ1n) is 7.68. The number of aromatic nitrogens is 1. The molecule has 0 spiro atoms. The average Bonchev–Trinajstić information content (AvgIpc) is 2.89. The molecule has 124 valence electrons. The van der Waals surface area contributed by atoms with E-state index in [1.165, 1.54) is 0 Å². The molecule has 0 atom stereocenters. The number of carbonyl (C=O) groups is 1. The second kappa shape index (κ2) is 7.13. The SMILES string of the molecule is CCc1ccc(-c2scnc2C)cc1OCC(=O)OC(C)(C)C. The molecule has 0 aliphatic carbocycles. The zero-order valence-electron chi connectivity index (χ0n) is 14.3. The second-order valence-corrected chi connectivity index (χ2v) is 7.17. The summed E-state index contributed by atoms with van der Waals surface area (Å²) < 4.78 is 11.0. The molecule has 0 saturated carbocycles. The van der Waals surface area contributed by atoms with Crippen molar-refractivity contribution in [2.45, 2.75) is 46.6 Å². The van der Waals surface area contributed by atoms with Crippen molar-refractivity contribution in [2.75, 3.05) is 6.61 Å². The van der Waals surface area contributed by atoms with Crippen molar-refractivity contribution in [3.8, 4) is 16.2 Å². The molecule has 2 aromatic rings. The van der Waals surface area contributed by atoms with Crippen LogP contribution in [0.3, 0.4) is 0 Å². The van der Waals surface area contributed by atoms with Gasteiger partial charge in [0.25, 0.3) is 0 Å². The van der Waals surface area contributed by atoms with Gasteiger partial charge >= 0.3 is 5.97 Å². The molecule has 0 amide bonds. The van der Waals surface area contributed by atoms with Crippen LogP contribution in [0.25, 0.3) is 10.4 Å². The van der Waals surface area contributed by atoms with E-state index in [-0.39, 0.29) is 12.6 Å². The van der Waals surface area contributed by atoms with Crippen LogP contribution in [0.4, 0.5) is 0 Å². The summed E-state index contributed by atoms with van der Waals surface area (Å²) in [5.74, 6) is 0.364. The minimum Gasteiger partial charge on any atom is -0.482 e. The van der Waals surface area contributed by atoms with Crippen LogP contribution < -0.4 is 4.74 Å². The van der Waals surface area contributed by atoms with Gasteiger partial charge in [-0.15, -0.1) is 11.3 Å². The van der Waals surface area contributed by atoms with E-state index in [1.807, 2.05) is 45.3 Å². The maximum Gasteiger partial charge on any atom is 0.344 e. The first kappa shape index (κ1) is 17.5. The Balaban J connectivity index is 2.17. The molecule has 23 heavy (non-hydrogen) atoms. The van der Waals surface area contributed by atoms with Crippen molar-refractivity contribution >= 4 is 17.3 Å². The molecule has 5 heteroatoms. The molecular weight excluding hydrogens is 310 g/mol. The van der Waals surface area contributed by atoms with Gasteiger partial charge < -0.3 is 9.47 Å². The van der Waals surface area contributed by atoms with Gasteiger partial charge in [-0.05, 0) is 51.3 Å². The van der Waals surface area contributed by atoms with Crippen LogP contribution in [-0.4, -0.2) is 23.2 Å². The highest BCUT2D eigenvalue weighted by Gasteiger charge is 2.17. The van der Waals surface area contributed by atoms with E-state index >= 15 is 0 Å². The number of rotatable bonds is 5. The summed E-state index contributed by atoms with van der Waals surface area (Å²) in [7, 11) is 0. The molecule has 2 rings (SSSR count). The Labute approximate surface area is 141 Å². The highest BCUT2D eigenvalue weighted by Crippen LogP contribution is 2.32. The summed E-state index contributed by atoms with van der Waals surface area (Å²) >= 11 is 1.60. The van der Waals surface area contributed by atoms with E-state index in [4.69, 9.17) is 9.47 Å². The number of ether oxygens (including phenoxy) is 2. The van der Waals surface area contributed by atoms with Crippen LogP contribution in [0.15, 0.2) is 23.7 Å². The van der Waals surface area contributed by atoms with Crippen LogP contribution >= 0.6 is 11.3 Å². The summed E-state index contributed by atoms with van der Waals surface area (Å²) in [4.78, 5) is 17.2. The highest BCUT2D eigenvalue weighted by atomic mass is 32.1. The predicted molar refractivity (Wildman–Crippen MR) is 93.0 cm³/mol. The van der Waals surface area contributed by atoms with Gasteiger partial charge in [0, 0.05) is 0 Å². The molecule has 4 nitrogen and oxygen atoms in total. The Morgan fingerprint density at radius 1 is 1.30 bits per heavy atom. The number of hydrogen-bond acceptors (Lipinski definition) is 5. The lowest BCUT2D eigenvalue weighted by Gasteiger charge is -2.20. The van der Waals surface area contributed by atoms with Crippen LogP contribution in [0.5, 0.6) is 5.75 Å². The first-order valence-corrected chi connectivity index (χ1v) is 8.56. The van der Waals surface area contributed by atoms with Crippen molar-refractivity contribution in [2.24, 2.45) is 0 Å². The highest BCUT2D eigenvalue weighted by molar-refractivity contribution is 7.13. The van der Waals surface area contributed by atoms with Gasteiger partial charge in [0.05, 0.1) is 16.1 Å². The summed E-state index contributed by atoms with van der Waals surface area (Å²) in [5.41, 5.74) is 4.45. The number of carbonyl (C=O) groups excluding carboxylic acids is 1. The molecule has 0 radical (unpaired) electrons. The molecule has 0 N–H and O–H groups in total. The van der Waals surface area contributed by atoms with Crippen molar-refractivity contribution in [3.05, 3.63) is 35.0 Å². The monoisotopic (exact) mass is 333 g/mol. The number of nitrogens with zero attached hydrogens (tertiary/aromatic N) is 1. The minimum atomic E-state index is -0.504. The predicted octanol–water partition coefficient (Wildman–Crippen LogP) is 4.40. The molecular formula is C18H23NO3S. The molecule has 0 fully saturated rings. The van der Waals surface area contributed by atoms with Gasteiger partial charge in [0.1, 0.15) is 11.4 Å². The quantitative estimate of drug-likeness (QED) is 0.761. The summed E-state index contributed by atoms with van der Waals surface area (Å²) in [6, 6.07) is 6.09. The Bertz CT molecular complexity index is 686. The molecule has 0 aliphatic rings. The standard InChI is InChI=1S/C18H23NO3S/c1-6-13-7-8-14(17-12(2)19-11-23-17)9-15(13)21-10-16(20)22-18(3,4)5/h7-9,11H,6,10H2,1-5H3. The van der Waals surface area contributed by atoms with Gasteiger partial charge in [-0.3, -0.25) is 0 Å². The largest absolute Gasteiger partial charge is 0.482 e. The van der Waals surface area contributed by atoms with Gasteiger partial charge in [0.2, 0.25) is 0 Å². The lowest BCUT2D eigenvalue weighted by atomic mass is 10.1. The molecule has 0 bridgehead atoms. The Kier molecular flexibility index (Phi) is 5.42. The smallest absolute Gasteiger partial charge is 0.344 e. The minimum absolute atomic E-state index is 0.0879. The van der Waals surface area contributed by atoms with Crippen molar-refractivity contribution in [3.63, 3.8) is 0 Å². The fraction of sp³-hybridized carbons (Fsp3) is 0.444. The molecule has 0 aliphatic heterocycles. The second-order valence-electron chi connectivity index (χ2n) is 6.32. The fourth-order valence-corrected chi connectivity index (χ4v) is 3.01. The number of aryl methyl sites for hydroxylation is 2. The van der Waals surface area contributed by atoms with Gasteiger partial charge in [-0.1, -0.05) is 19.1 Å². The van der Waals surface area contributed by atoms with Crippen LogP contribution in [0.2, 0.25) is 0 Å². The lowest BCUT2D eigenvalue weighted by Crippen LogP contribution is -2.27. The molecule has 0 saturated heterocycles. The maximum absolute atomic E-state index is 11.8. The third-order valence-electron chi connectivity index (χ3n) is 3.22. The van der Waals surface area contributed by atoms with Crippen LogP contribution in [0, 0.1) is 6.92 Å². The van der Waals surface area contributed by atoms with E-state index in [9.17, 15) is 4.79 Å². The van der Waals surface area contributed by atoms with Gasteiger partial charge in [-0.2, -0.15) is 0 Å². The lowest BCUT2D eigenvalue weighted by molar-refractivity contribution is -0.157. The van der Waals surface area contributed by atoms with E-state index in [1.54, 1.807) is 11.3 Å². The zero-order chi connectivity index (χ0) is 17.0. The summed E-state index contributed by atoms with van der Waals surface area (Å²) in [6.45, 7) is 9.49. The topological polar surface area (TPSA) is 48.4 Å². The third kappa shape index (κ3) is 4.79. The normalized spacial score (nSPS) is 11.3.